The molecule has 0 saturated heterocycles. The summed E-state index contributed by atoms with van der Waals surface area (Å²) in [6, 6.07) is 7.14. The highest BCUT2D eigenvalue weighted by Crippen LogP contribution is 2.05. The molecule has 2 aromatic heterocycles. The third-order valence-corrected chi connectivity index (χ3v) is 5.12. The molecule has 2 aromatic rings. The molecule has 0 bridgehead atoms. The number of sulfonamides is 1. The summed E-state index contributed by atoms with van der Waals surface area (Å²) in [6.45, 7) is 1.36. The summed E-state index contributed by atoms with van der Waals surface area (Å²) in [5.74, 6) is 0.696. The molecule has 0 aromatic carbocycles. The van der Waals surface area contributed by atoms with Crippen LogP contribution in [0.15, 0.2) is 52.7 Å². The summed E-state index contributed by atoms with van der Waals surface area (Å²) in [5.41, 5.74) is 1.16. The monoisotopic (exact) mass is 492 g/mol. The van der Waals surface area contributed by atoms with Crippen molar-refractivity contribution in [1.82, 2.24) is 24.5 Å². The highest BCUT2D eigenvalue weighted by atomic mass is 127. The van der Waals surface area contributed by atoms with Crippen molar-refractivity contribution >= 4 is 40.0 Å². The van der Waals surface area contributed by atoms with E-state index in [4.69, 9.17) is 0 Å². The highest BCUT2D eigenvalue weighted by Gasteiger charge is 2.13. The van der Waals surface area contributed by atoms with Crippen LogP contribution >= 0.6 is 24.0 Å². The minimum Gasteiger partial charge on any atom is -0.355 e. The van der Waals surface area contributed by atoms with E-state index in [1.165, 1.54) is 18.5 Å². The average Bonchev–Trinajstić information content (AvgIpc) is 3.00. The normalized spacial score (nSPS) is 11.7. The van der Waals surface area contributed by atoms with Crippen molar-refractivity contribution in [2.45, 2.75) is 11.4 Å². The lowest BCUT2D eigenvalue weighted by Crippen LogP contribution is -2.42. The van der Waals surface area contributed by atoms with Gasteiger partial charge in [0.15, 0.2) is 5.96 Å². The molecular weight excluding hydrogens is 467 g/mol. The number of aliphatic imine (C=N–C) groups is 1. The third kappa shape index (κ3) is 6.25. The van der Waals surface area contributed by atoms with Crippen molar-refractivity contribution in [1.29, 1.82) is 0 Å². The number of nitrogens with one attached hydrogen (secondary N) is 2. The minimum absolute atomic E-state index is 0. The van der Waals surface area contributed by atoms with Crippen LogP contribution in [0.5, 0.6) is 0 Å². The predicted octanol–water partition coefficient (Wildman–Crippen LogP) is 1.02. The second-order valence-electron chi connectivity index (χ2n) is 5.53. The van der Waals surface area contributed by atoms with Gasteiger partial charge in [-0.2, -0.15) is 0 Å². The molecule has 10 heteroatoms. The Labute approximate surface area is 171 Å². The Balaban J connectivity index is 0.00000338. The zero-order valence-corrected chi connectivity index (χ0v) is 18.2. The predicted molar refractivity (Wildman–Crippen MR) is 113 cm³/mol. The largest absolute Gasteiger partial charge is 0.355 e. The topological polar surface area (TPSA) is 91.6 Å². The van der Waals surface area contributed by atoms with E-state index in [0.29, 0.717) is 19.0 Å². The quantitative estimate of drug-likeness (QED) is 0.261. The Hall–Kier alpha value is -1.66. The van der Waals surface area contributed by atoms with Crippen LogP contribution in [0.3, 0.4) is 0 Å². The Bertz CT molecular complexity index is 807. The van der Waals surface area contributed by atoms with Crippen LogP contribution in [-0.4, -0.2) is 56.0 Å². The fourth-order valence-electron chi connectivity index (χ4n) is 2.31. The highest BCUT2D eigenvalue weighted by molar-refractivity contribution is 14.0. The lowest BCUT2D eigenvalue weighted by Gasteiger charge is -2.22. The van der Waals surface area contributed by atoms with E-state index < -0.39 is 10.0 Å². The van der Waals surface area contributed by atoms with Crippen molar-refractivity contribution in [2.24, 2.45) is 12.0 Å². The zero-order valence-electron chi connectivity index (χ0n) is 15.1. The summed E-state index contributed by atoms with van der Waals surface area (Å²) < 4.78 is 28.8. The minimum atomic E-state index is -3.54. The summed E-state index contributed by atoms with van der Waals surface area (Å²) in [6.07, 6.45) is 4.85. The van der Waals surface area contributed by atoms with Gasteiger partial charge in [0.25, 0.3) is 0 Å². The number of hydrogen-bond acceptors (Lipinski definition) is 4. The van der Waals surface area contributed by atoms with Crippen molar-refractivity contribution in [3.63, 3.8) is 0 Å². The second-order valence-corrected chi connectivity index (χ2v) is 7.29. The van der Waals surface area contributed by atoms with Crippen LogP contribution in [-0.2, 0) is 23.6 Å². The van der Waals surface area contributed by atoms with E-state index in [1.54, 1.807) is 13.1 Å². The summed E-state index contributed by atoms with van der Waals surface area (Å²) in [4.78, 5) is 10.2. The number of aromatic nitrogens is 2. The molecule has 0 aliphatic carbocycles. The third-order valence-electron chi connectivity index (χ3n) is 3.67. The van der Waals surface area contributed by atoms with Crippen LogP contribution in [0.2, 0.25) is 0 Å². The molecule has 26 heavy (non-hydrogen) atoms. The lowest BCUT2D eigenvalue weighted by molar-refractivity contribution is 0.462. The van der Waals surface area contributed by atoms with E-state index in [-0.39, 0.29) is 35.4 Å². The second kappa shape index (κ2) is 10.5. The van der Waals surface area contributed by atoms with Gasteiger partial charge in [0.2, 0.25) is 10.0 Å². The summed E-state index contributed by atoms with van der Waals surface area (Å²) in [7, 11) is 2.08. The molecule has 0 radical (unpaired) electrons. The van der Waals surface area contributed by atoms with E-state index in [2.05, 4.69) is 20.0 Å². The van der Waals surface area contributed by atoms with E-state index in [1.807, 2.05) is 41.9 Å². The van der Waals surface area contributed by atoms with Gasteiger partial charge in [-0.15, -0.1) is 24.0 Å². The van der Waals surface area contributed by atoms with Crippen LogP contribution in [0.1, 0.15) is 5.69 Å². The van der Waals surface area contributed by atoms with Crippen LogP contribution in [0, 0.1) is 0 Å². The number of nitrogens with zero attached hydrogens (tertiary/aromatic N) is 4. The van der Waals surface area contributed by atoms with Gasteiger partial charge in [-0.3, -0.25) is 9.98 Å². The maximum absolute atomic E-state index is 12.1. The molecule has 2 N–H and O–H groups in total. The molecule has 2 rings (SSSR count). The molecule has 8 nitrogen and oxygen atoms in total. The zero-order chi connectivity index (χ0) is 18.3. The molecule has 0 amide bonds. The molecule has 0 spiro atoms. The maximum atomic E-state index is 12.1. The van der Waals surface area contributed by atoms with Gasteiger partial charge >= 0.3 is 0 Å². The van der Waals surface area contributed by atoms with Crippen molar-refractivity contribution < 1.29 is 8.42 Å². The standard InChI is InChI=1S/C16H24N6O2S.HI/c1-17-16(22(3)13-14-6-5-11-21(14)2)19-9-10-20-25(23,24)15-7-4-8-18-12-15;/h4-8,11-12,20H,9-10,13H2,1-3H3,(H,17,19);1H. The van der Waals surface area contributed by atoms with Gasteiger partial charge in [0.1, 0.15) is 4.90 Å². The van der Waals surface area contributed by atoms with Crippen LogP contribution in [0.25, 0.3) is 0 Å². The first kappa shape index (κ1) is 22.4. The smallest absolute Gasteiger partial charge is 0.242 e. The van der Waals surface area contributed by atoms with E-state index >= 15 is 0 Å². The summed E-state index contributed by atoms with van der Waals surface area (Å²) >= 11 is 0. The van der Waals surface area contributed by atoms with Crippen molar-refractivity contribution in [3.8, 4) is 0 Å². The van der Waals surface area contributed by atoms with Gasteiger partial charge in [0, 0.05) is 58.5 Å². The molecule has 0 aliphatic rings. The molecule has 0 aliphatic heterocycles. The maximum Gasteiger partial charge on any atom is 0.242 e. The van der Waals surface area contributed by atoms with Crippen LogP contribution < -0.4 is 10.0 Å². The first-order chi connectivity index (χ1) is 11.9. The number of pyridine rings is 1. The van der Waals surface area contributed by atoms with Crippen molar-refractivity contribution in [3.05, 3.63) is 48.5 Å². The Kier molecular flexibility index (Phi) is 9.02. The van der Waals surface area contributed by atoms with Crippen LogP contribution in [0.4, 0.5) is 0 Å². The van der Waals surface area contributed by atoms with E-state index in [0.717, 1.165) is 5.69 Å². The van der Waals surface area contributed by atoms with Gasteiger partial charge in [-0.1, -0.05) is 0 Å². The Morgan fingerprint density at radius 3 is 2.65 bits per heavy atom. The van der Waals surface area contributed by atoms with Gasteiger partial charge < -0.3 is 14.8 Å². The fourth-order valence-corrected chi connectivity index (χ4v) is 3.31. The Morgan fingerprint density at radius 1 is 1.31 bits per heavy atom. The molecule has 0 atom stereocenters. The first-order valence-corrected chi connectivity index (χ1v) is 9.34. The number of guanidine groups is 1. The molecule has 0 saturated carbocycles. The van der Waals surface area contributed by atoms with Gasteiger partial charge in [-0.05, 0) is 24.3 Å². The SMILES string of the molecule is CN=C(NCCNS(=O)(=O)c1cccnc1)N(C)Cc1cccn1C.I. The molecule has 0 fully saturated rings. The Morgan fingerprint density at radius 2 is 2.08 bits per heavy atom. The van der Waals surface area contributed by atoms with Gasteiger partial charge in [0.05, 0.1) is 6.54 Å². The first-order valence-electron chi connectivity index (χ1n) is 7.85. The summed E-state index contributed by atoms with van der Waals surface area (Å²) in [5, 5.41) is 3.15. The average molecular weight is 492 g/mol. The molecule has 2 heterocycles. The van der Waals surface area contributed by atoms with Gasteiger partial charge in [-0.25, -0.2) is 13.1 Å². The number of rotatable bonds is 7. The van der Waals surface area contributed by atoms with Crippen molar-refractivity contribution in [2.75, 3.05) is 27.2 Å². The molecule has 144 valence electrons. The molecule has 0 unspecified atom stereocenters. The fraction of sp³-hybridized carbons (Fsp3) is 0.375. The number of halogens is 1. The number of hydrogen-bond donors (Lipinski definition) is 2. The molecular formula is C16H25IN6O2S. The number of aryl methyl sites for hydroxylation is 1. The lowest BCUT2D eigenvalue weighted by atomic mass is 10.4. The van der Waals surface area contributed by atoms with E-state index in [9.17, 15) is 8.42 Å².